The first-order valence-electron chi connectivity index (χ1n) is 12.2. The zero-order valence-electron chi connectivity index (χ0n) is 21.9. The molecule has 1 heterocycles. The molecule has 0 bridgehead atoms. The van der Waals surface area contributed by atoms with Crippen molar-refractivity contribution in [2.75, 3.05) is 33.8 Å². The van der Waals surface area contributed by atoms with E-state index in [1.54, 1.807) is 37.3 Å². The van der Waals surface area contributed by atoms with Crippen molar-refractivity contribution < 1.29 is 29.3 Å². The molecule has 1 saturated heterocycles. The molecule has 1 amide bonds. The molecule has 1 aliphatic heterocycles. The molecule has 0 aliphatic carbocycles. The van der Waals surface area contributed by atoms with Gasteiger partial charge in [0, 0.05) is 12.1 Å². The van der Waals surface area contributed by atoms with Gasteiger partial charge in [0.1, 0.15) is 11.5 Å². The number of benzene rings is 2. The van der Waals surface area contributed by atoms with Crippen LogP contribution in [0.2, 0.25) is 0 Å². The second kappa shape index (κ2) is 11.5. The standard InChI is InChI=1S/C28H36N2O6/c1-7-35-23-16-19(9-11-21(23)31)25-24(27(33)28(34)30(25)14-8-13-29(5)6)26(32)20-10-12-22(18(4)15-20)36-17(2)3/h9-12,15-17,25,31-32H,7-8,13-14H2,1-6H3/b26-24+/t25-/m0/s1. The second-order valence-corrected chi connectivity index (χ2v) is 9.46. The third-order valence-corrected chi connectivity index (χ3v) is 5.95. The fraction of sp³-hybridized carbons (Fsp3) is 0.429. The largest absolute Gasteiger partial charge is 0.507 e. The van der Waals surface area contributed by atoms with Crippen molar-refractivity contribution in [1.29, 1.82) is 0 Å². The minimum atomic E-state index is -0.820. The Balaban J connectivity index is 2.13. The summed E-state index contributed by atoms with van der Waals surface area (Å²) >= 11 is 0. The summed E-state index contributed by atoms with van der Waals surface area (Å²) in [5.41, 5.74) is 1.80. The molecule has 0 radical (unpaired) electrons. The molecular formula is C28H36N2O6. The van der Waals surface area contributed by atoms with Crippen LogP contribution in [0.3, 0.4) is 0 Å². The number of aryl methyl sites for hydroxylation is 1. The molecule has 194 valence electrons. The fourth-order valence-corrected chi connectivity index (χ4v) is 4.32. The summed E-state index contributed by atoms with van der Waals surface area (Å²) in [4.78, 5) is 29.9. The number of aromatic hydroxyl groups is 1. The number of ether oxygens (including phenoxy) is 2. The lowest BCUT2D eigenvalue weighted by Gasteiger charge is -2.26. The van der Waals surface area contributed by atoms with Crippen molar-refractivity contribution in [2.45, 2.75) is 46.3 Å². The first-order chi connectivity index (χ1) is 17.0. The molecule has 2 aromatic rings. The van der Waals surface area contributed by atoms with E-state index in [9.17, 15) is 19.8 Å². The summed E-state index contributed by atoms with van der Waals surface area (Å²) in [7, 11) is 3.88. The molecular weight excluding hydrogens is 460 g/mol. The van der Waals surface area contributed by atoms with Gasteiger partial charge in [0.05, 0.1) is 24.3 Å². The molecule has 1 atom stereocenters. The van der Waals surface area contributed by atoms with E-state index in [1.165, 1.54) is 11.0 Å². The Morgan fingerprint density at radius 2 is 1.83 bits per heavy atom. The van der Waals surface area contributed by atoms with Crippen LogP contribution in [0.4, 0.5) is 0 Å². The van der Waals surface area contributed by atoms with Crippen molar-refractivity contribution in [2.24, 2.45) is 0 Å². The molecule has 2 N–H and O–H groups in total. The molecule has 3 rings (SSSR count). The van der Waals surface area contributed by atoms with Gasteiger partial charge in [0.15, 0.2) is 11.5 Å². The molecule has 0 aromatic heterocycles. The normalized spacial score (nSPS) is 17.3. The van der Waals surface area contributed by atoms with Crippen LogP contribution in [-0.4, -0.2) is 71.6 Å². The summed E-state index contributed by atoms with van der Waals surface area (Å²) in [6.45, 7) is 8.92. The van der Waals surface area contributed by atoms with Crippen molar-refractivity contribution >= 4 is 17.4 Å². The molecule has 8 nitrogen and oxygen atoms in total. The van der Waals surface area contributed by atoms with Crippen LogP contribution in [0.5, 0.6) is 17.2 Å². The Labute approximate surface area is 212 Å². The predicted octanol–water partition coefficient (Wildman–Crippen LogP) is 4.26. The smallest absolute Gasteiger partial charge is 0.295 e. The summed E-state index contributed by atoms with van der Waals surface area (Å²) in [5.74, 6) is -0.765. The fourth-order valence-electron chi connectivity index (χ4n) is 4.32. The van der Waals surface area contributed by atoms with Gasteiger partial charge in [-0.3, -0.25) is 9.59 Å². The summed E-state index contributed by atoms with van der Waals surface area (Å²) in [6.07, 6.45) is 0.637. The van der Waals surface area contributed by atoms with Crippen LogP contribution < -0.4 is 9.47 Å². The summed E-state index contributed by atoms with van der Waals surface area (Å²) in [5, 5.41) is 21.5. The van der Waals surface area contributed by atoms with Crippen molar-refractivity contribution in [1.82, 2.24) is 9.80 Å². The summed E-state index contributed by atoms with van der Waals surface area (Å²) in [6, 6.07) is 9.09. The zero-order valence-corrected chi connectivity index (χ0v) is 21.9. The van der Waals surface area contributed by atoms with E-state index in [1.807, 2.05) is 39.8 Å². The summed E-state index contributed by atoms with van der Waals surface area (Å²) < 4.78 is 11.3. The van der Waals surface area contributed by atoms with Crippen LogP contribution in [0, 0.1) is 6.92 Å². The number of ketones is 1. The van der Waals surface area contributed by atoms with E-state index in [0.29, 0.717) is 36.4 Å². The highest BCUT2D eigenvalue weighted by Gasteiger charge is 2.46. The number of amides is 1. The number of aliphatic hydroxyl groups is 1. The van der Waals surface area contributed by atoms with Crippen LogP contribution in [0.15, 0.2) is 42.0 Å². The van der Waals surface area contributed by atoms with Crippen LogP contribution in [0.1, 0.15) is 49.9 Å². The number of aliphatic hydroxyl groups excluding tert-OH is 1. The minimum Gasteiger partial charge on any atom is -0.507 e. The first-order valence-corrected chi connectivity index (χ1v) is 12.2. The quantitative estimate of drug-likeness (QED) is 0.288. The van der Waals surface area contributed by atoms with E-state index in [0.717, 1.165) is 12.1 Å². The van der Waals surface area contributed by atoms with Gasteiger partial charge in [0.25, 0.3) is 11.7 Å². The maximum absolute atomic E-state index is 13.3. The third kappa shape index (κ3) is 5.82. The van der Waals surface area contributed by atoms with Crippen molar-refractivity contribution in [3.8, 4) is 17.2 Å². The number of rotatable bonds is 10. The van der Waals surface area contributed by atoms with E-state index in [-0.39, 0.29) is 28.9 Å². The predicted molar refractivity (Wildman–Crippen MR) is 138 cm³/mol. The van der Waals surface area contributed by atoms with E-state index < -0.39 is 17.7 Å². The minimum absolute atomic E-state index is 0.00918. The van der Waals surface area contributed by atoms with Crippen LogP contribution in [0.25, 0.3) is 5.76 Å². The topological polar surface area (TPSA) is 99.5 Å². The van der Waals surface area contributed by atoms with Gasteiger partial charge >= 0.3 is 0 Å². The Morgan fingerprint density at radius 1 is 1.11 bits per heavy atom. The third-order valence-electron chi connectivity index (χ3n) is 5.95. The van der Waals surface area contributed by atoms with E-state index >= 15 is 0 Å². The number of Topliss-reactive ketones (excluding diaryl/α,β-unsaturated/α-hetero) is 1. The van der Waals surface area contributed by atoms with Gasteiger partial charge in [-0.15, -0.1) is 0 Å². The van der Waals surface area contributed by atoms with Crippen molar-refractivity contribution in [3.63, 3.8) is 0 Å². The van der Waals surface area contributed by atoms with Gasteiger partial charge in [-0.2, -0.15) is 0 Å². The zero-order chi connectivity index (χ0) is 26.6. The Bertz CT molecular complexity index is 1150. The molecule has 1 fully saturated rings. The molecule has 1 aliphatic rings. The number of hydrogen-bond acceptors (Lipinski definition) is 7. The van der Waals surface area contributed by atoms with E-state index in [4.69, 9.17) is 9.47 Å². The van der Waals surface area contributed by atoms with Crippen molar-refractivity contribution in [3.05, 3.63) is 58.7 Å². The van der Waals surface area contributed by atoms with Crippen LogP contribution in [-0.2, 0) is 9.59 Å². The van der Waals surface area contributed by atoms with Gasteiger partial charge in [0.2, 0.25) is 0 Å². The number of carbonyl (C=O) groups excluding carboxylic acids is 2. The number of nitrogens with zero attached hydrogens (tertiary/aromatic N) is 2. The maximum Gasteiger partial charge on any atom is 0.295 e. The number of phenolic OH excluding ortho intramolecular Hbond substituents is 1. The molecule has 8 heteroatoms. The molecule has 0 spiro atoms. The van der Waals surface area contributed by atoms with Gasteiger partial charge in [-0.25, -0.2) is 0 Å². The van der Waals surface area contributed by atoms with Crippen LogP contribution >= 0.6 is 0 Å². The SMILES string of the molecule is CCOc1cc([C@H]2/C(=C(\O)c3ccc(OC(C)C)c(C)c3)C(=O)C(=O)N2CCCN(C)C)ccc1O. The second-order valence-electron chi connectivity index (χ2n) is 9.46. The Kier molecular flexibility index (Phi) is 8.63. The van der Waals surface area contributed by atoms with E-state index in [2.05, 4.69) is 0 Å². The lowest BCUT2D eigenvalue weighted by atomic mass is 9.94. The number of phenols is 1. The highest BCUT2D eigenvalue weighted by molar-refractivity contribution is 6.46. The monoisotopic (exact) mass is 496 g/mol. The number of hydrogen-bond donors (Lipinski definition) is 2. The average Bonchev–Trinajstić information content (AvgIpc) is 3.06. The average molecular weight is 497 g/mol. The number of carbonyl (C=O) groups is 2. The molecule has 0 saturated carbocycles. The highest BCUT2D eigenvalue weighted by atomic mass is 16.5. The Hall–Kier alpha value is -3.52. The molecule has 2 aromatic carbocycles. The highest BCUT2D eigenvalue weighted by Crippen LogP contribution is 2.42. The van der Waals surface area contributed by atoms with Gasteiger partial charge in [-0.1, -0.05) is 6.07 Å². The van der Waals surface area contributed by atoms with Gasteiger partial charge in [-0.05, 0) is 96.2 Å². The number of likely N-dealkylation sites (tertiary alicyclic amines) is 1. The molecule has 36 heavy (non-hydrogen) atoms. The molecule has 0 unspecified atom stereocenters. The lowest BCUT2D eigenvalue weighted by molar-refractivity contribution is -0.139. The maximum atomic E-state index is 13.3. The Morgan fingerprint density at radius 3 is 2.44 bits per heavy atom. The first kappa shape index (κ1) is 27.1. The van der Waals surface area contributed by atoms with Gasteiger partial charge < -0.3 is 29.5 Å². The lowest BCUT2D eigenvalue weighted by Crippen LogP contribution is -2.32.